The fourth-order valence-electron chi connectivity index (χ4n) is 6.03. The Balaban J connectivity index is 1.59. The van der Waals surface area contributed by atoms with E-state index >= 15 is 0 Å². The Kier molecular flexibility index (Phi) is 11.8. The summed E-state index contributed by atoms with van der Waals surface area (Å²) < 4.78 is 29.6. The number of amides is 2. The first-order valence-corrected chi connectivity index (χ1v) is 18.5. The van der Waals surface area contributed by atoms with E-state index in [1.807, 2.05) is 44.2 Å². The highest BCUT2D eigenvalue weighted by Gasteiger charge is 2.36. The summed E-state index contributed by atoms with van der Waals surface area (Å²) in [5.41, 5.74) is 3.50. The largest absolute Gasteiger partial charge is 0.352 e. The normalized spacial score (nSPS) is 14.2. The van der Waals surface area contributed by atoms with Crippen LogP contribution in [0, 0.1) is 13.8 Å². The summed E-state index contributed by atoms with van der Waals surface area (Å²) >= 11 is 13.3. The molecule has 1 fully saturated rings. The van der Waals surface area contributed by atoms with Gasteiger partial charge in [-0.1, -0.05) is 114 Å². The summed E-state index contributed by atoms with van der Waals surface area (Å²) in [7, 11) is -4.20. The number of carbonyl (C=O) groups excluding carboxylic acids is 2. The Bertz CT molecular complexity index is 1790. The monoisotopic (exact) mass is 705 g/mol. The van der Waals surface area contributed by atoms with Crippen molar-refractivity contribution in [2.45, 2.75) is 75.9 Å². The fourth-order valence-corrected chi connectivity index (χ4v) is 7.96. The molecule has 0 bridgehead atoms. The first-order chi connectivity index (χ1) is 23.0. The van der Waals surface area contributed by atoms with E-state index in [0.717, 1.165) is 53.1 Å². The molecule has 1 aliphatic carbocycles. The van der Waals surface area contributed by atoms with E-state index in [4.69, 9.17) is 23.2 Å². The minimum atomic E-state index is -4.20. The van der Waals surface area contributed by atoms with Crippen molar-refractivity contribution in [2.75, 3.05) is 10.8 Å². The quantitative estimate of drug-likeness (QED) is 0.162. The second-order valence-corrected chi connectivity index (χ2v) is 15.1. The van der Waals surface area contributed by atoms with Crippen molar-refractivity contribution in [3.05, 3.63) is 129 Å². The lowest BCUT2D eigenvalue weighted by Gasteiger charge is -2.35. The molecule has 252 valence electrons. The Hall–Kier alpha value is -3.85. The molecule has 0 heterocycles. The second kappa shape index (κ2) is 16.0. The Morgan fingerprint density at radius 2 is 1.38 bits per heavy atom. The summed E-state index contributed by atoms with van der Waals surface area (Å²) in [6, 6.07) is 27.1. The molecule has 48 heavy (non-hydrogen) atoms. The smallest absolute Gasteiger partial charge is 0.264 e. The number of carbonyl (C=O) groups is 2. The summed E-state index contributed by atoms with van der Waals surface area (Å²) in [4.78, 5) is 30.5. The average molecular weight is 707 g/mol. The van der Waals surface area contributed by atoms with Gasteiger partial charge in [-0.2, -0.15) is 0 Å². The van der Waals surface area contributed by atoms with Gasteiger partial charge in [-0.15, -0.1) is 0 Å². The van der Waals surface area contributed by atoms with E-state index in [0.29, 0.717) is 21.3 Å². The van der Waals surface area contributed by atoms with Crippen molar-refractivity contribution in [1.82, 2.24) is 10.2 Å². The molecule has 1 atom stereocenters. The van der Waals surface area contributed by atoms with Crippen LogP contribution in [0.4, 0.5) is 5.69 Å². The van der Waals surface area contributed by atoms with E-state index in [9.17, 15) is 18.0 Å². The fraction of sp³-hybridized carbons (Fsp3) is 0.316. The van der Waals surface area contributed by atoms with Gasteiger partial charge in [-0.25, -0.2) is 8.42 Å². The molecule has 5 rings (SSSR count). The number of rotatable bonds is 12. The molecular formula is C38H41Cl2N3O4S. The van der Waals surface area contributed by atoms with Gasteiger partial charge in [0, 0.05) is 34.6 Å². The van der Waals surface area contributed by atoms with Gasteiger partial charge in [0.05, 0.1) is 10.6 Å². The average Bonchev–Trinajstić information content (AvgIpc) is 3.08. The molecule has 0 aliphatic heterocycles. The molecule has 1 aliphatic rings. The zero-order valence-corrected chi connectivity index (χ0v) is 29.6. The van der Waals surface area contributed by atoms with Crippen LogP contribution in [0.15, 0.2) is 102 Å². The van der Waals surface area contributed by atoms with Crippen molar-refractivity contribution < 1.29 is 18.0 Å². The van der Waals surface area contributed by atoms with Crippen LogP contribution < -0.4 is 9.62 Å². The highest BCUT2D eigenvalue weighted by molar-refractivity contribution is 7.92. The number of anilines is 1. The minimum Gasteiger partial charge on any atom is -0.352 e. The minimum absolute atomic E-state index is 0.00338. The summed E-state index contributed by atoms with van der Waals surface area (Å²) in [6.07, 6.45) is 5.11. The van der Waals surface area contributed by atoms with E-state index in [1.54, 1.807) is 54.6 Å². The Morgan fingerprint density at radius 3 is 1.98 bits per heavy atom. The van der Waals surface area contributed by atoms with Crippen LogP contribution in [0.25, 0.3) is 0 Å². The molecule has 4 aromatic carbocycles. The molecule has 1 saturated carbocycles. The number of hydrogen-bond acceptors (Lipinski definition) is 4. The maximum atomic E-state index is 14.7. The van der Waals surface area contributed by atoms with Gasteiger partial charge in [0.1, 0.15) is 12.6 Å². The van der Waals surface area contributed by atoms with Gasteiger partial charge in [-0.05, 0) is 68.7 Å². The van der Waals surface area contributed by atoms with Crippen molar-refractivity contribution >= 4 is 50.7 Å². The zero-order chi connectivity index (χ0) is 34.3. The molecule has 10 heteroatoms. The van der Waals surface area contributed by atoms with Crippen LogP contribution in [-0.2, 0) is 32.6 Å². The van der Waals surface area contributed by atoms with Crippen molar-refractivity contribution in [3.63, 3.8) is 0 Å². The second-order valence-electron chi connectivity index (χ2n) is 12.4. The maximum absolute atomic E-state index is 14.7. The first kappa shape index (κ1) is 35.5. The topological polar surface area (TPSA) is 86.8 Å². The zero-order valence-electron chi connectivity index (χ0n) is 27.2. The molecule has 0 radical (unpaired) electrons. The summed E-state index contributed by atoms with van der Waals surface area (Å²) in [5.74, 6) is -0.868. The number of benzene rings is 4. The molecule has 2 amide bonds. The third-order valence-corrected chi connectivity index (χ3v) is 11.3. The van der Waals surface area contributed by atoms with Crippen LogP contribution in [-0.4, -0.2) is 43.8 Å². The molecule has 0 aromatic heterocycles. The van der Waals surface area contributed by atoms with Gasteiger partial charge < -0.3 is 10.2 Å². The lowest BCUT2D eigenvalue weighted by molar-refractivity contribution is -0.140. The Labute approximate surface area is 293 Å². The Morgan fingerprint density at radius 1 is 0.792 bits per heavy atom. The molecule has 7 nitrogen and oxygen atoms in total. The molecule has 1 N–H and O–H groups in total. The summed E-state index contributed by atoms with van der Waals surface area (Å²) in [5, 5.41) is 3.90. The van der Waals surface area contributed by atoms with Crippen LogP contribution in [0.3, 0.4) is 0 Å². The van der Waals surface area contributed by atoms with Crippen molar-refractivity contribution in [2.24, 2.45) is 0 Å². The van der Waals surface area contributed by atoms with Crippen LogP contribution >= 0.6 is 23.2 Å². The van der Waals surface area contributed by atoms with Gasteiger partial charge in [0.2, 0.25) is 11.8 Å². The lowest BCUT2D eigenvalue weighted by Crippen LogP contribution is -2.55. The van der Waals surface area contributed by atoms with Gasteiger partial charge in [0.25, 0.3) is 10.0 Å². The van der Waals surface area contributed by atoms with Gasteiger partial charge >= 0.3 is 0 Å². The molecule has 0 spiro atoms. The number of hydrogen-bond donors (Lipinski definition) is 1. The van der Waals surface area contributed by atoms with E-state index < -0.39 is 28.5 Å². The van der Waals surface area contributed by atoms with Crippen molar-refractivity contribution in [1.29, 1.82) is 0 Å². The summed E-state index contributed by atoms with van der Waals surface area (Å²) in [6.45, 7) is 3.13. The number of nitrogens with one attached hydrogen (secondary N) is 1. The van der Waals surface area contributed by atoms with E-state index in [2.05, 4.69) is 5.32 Å². The van der Waals surface area contributed by atoms with Crippen molar-refractivity contribution in [3.8, 4) is 0 Å². The highest BCUT2D eigenvalue weighted by atomic mass is 35.5. The maximum Gasteiger partial charge on any atom is 0.264 e. The van der Waals surface area contributed by atoms with Crippen LogP contribution in [0.5, 0.6) is 0 Å². The van der Waals surface area contributed by atoms with Gasteiger partial charge in [0.15, 0.2) is 0 Å². The molecule has 0 saturated heterocycles. The number of nitrogens with zero attached hydrogens (tertiary/aromatic N) is 2. The molecular weight excluding hydrogens is 665 g/mol. The third kappa shape index (κ3) is 8.78. The van der Waals surface area contributed by atoms with E-state index in [-0.39, 0.29) is 29.8 Å². The SMILES string of the molecule is Cc1ccc(N(CC(=O)N(Cc2c(Cl)cccc2Cl)[C@@H](Cc2ccccc2)C(=O)NC2CCCCC2)S(=O)(=O)c2ccc(C)cc2)cc1. The van der Waals surface area contributed by atoms with Crippen LogP contribution in [0.2, 0.25) is 10.0 Å². The number of sulfonamides is 1. The number of aryl methyl sites for hydroxylation is 2. The lowest BCUT2D eigenvalue weighted by atomic mass is 9.94. The standard InChI is InChI=1S/C38H41Cl2N3O4S/c1-27-16-20-31(21-17-27)43(48(46,47)32-22-18-28(2)19-23-32)26-37(44)42(25-33-34(39)14-9-15-35(33)40)36(24-29-10-5-3-6-11-29)38(45)41-30-12-7-4-8-13-30/h3,5-6,9-11,14-23,30,36H,4,7-8,12-13,24-26H2,1-2H3,(H,41,45)/t36-/m0/s1. The molecule has 0 unspecified atom stereocenters. The first-order valence-electron chi connectivity index (χ1n) is 16.3. The van der Waals surface area contributed by atoms with Crippen LogP contribution in [0.1, 0.15) is 54.4 Å². The highest BCUT2D eigenvalue weighted by Crippen LogP contribution is 2.29. The molecule has 4 aromatic rings. The van der Waals surface area contributed by atoms with Gasteiger partial charge in [-0.3, -0.25) is 13.9 Å². The predicted octanol–water partition coefficient (Wildman–Crippen LogP) is 7.89. The third-order valence-electron chi connectivity index (χ3n) is 8.82. The predicted molar refractivity (Wildman–Crippen MR) is 193 cm³/mol. The number of halogens is 2. The van der Waals surface area contributed by atoms with E-state index in [1.165, 1.54) is 17.0 Å².